The molecule has 0 saturated carbocycles. The summed E-state index contributed by atoms with van der Waals surface area (Å²) in [6.45, 7) is 6.57. The predicted octanol–water partition coefficient (Wildman–Crippen LogP) is 3.71. The Morgan fingerprint density at radius 1 is 0.964 bits per heavy atom. The van der Waals surface area contributed by atoms with E-state index in [1.54, 1.807) is 19.1 Å². The van der Waals surface area contributed by atoms with E-state index < -0.39 is 6.10 Å². The predicted molar refractivity (Wildman–Crippen MR) is 112 cm³/mol. The summed E-state index contributed by atoms with van der Waals surface area (Å²) < 4.78 is 5.83. The van der Waals surface area contributed by atoms with E-state index >= 15 is 0 Å². The van der Waals surface area contributed by atoms with Crippen LogP contribution in [0.2, 0.25) is 5.02 Å². The molecule has 150 valence electrons. The van der Waals surface area contributed by atoms with Crippen molar-refractivity contribution in [3.05, 3.63) is 64.7 Å². The first kappa shape index (κ1) is 21.8. The van der Waals surface area contributed by atoms with Gasteiger partial charge in [0.2, 0.25) is 5.91 Å². The van der Waals surface area contributed by atoms with Gasteiger partial charge in [0.1, 0.15) is 5.75 Å². The molecule has 0 aliphatic carbocycles. The summed E-state index contributed by atoms with van der Waals surface area (Å²) in [5, 5.41) is 6.21. The van der Waals surface area contributed by atoms with Gasteiger partial charge in [0.05, 0.1) is 6.42 Å². The molecule has 6 heteroatoms. The van der Waals surface area contributed by atoms with Gasteiger partial charge in [-0.15, -0.1) is 0 Å². The second-order valence-corrected chi connectivity index (χ2v) is 7.33. The number of benzene rings is 2. The third kappa shape index (κ3) is 6.89. The SMILES string of the molecule is CC(Oc1ccccc1C(C)C)C(=O)NCCNC(=O)Cc1ccc(Cl)cc1. The van der Waals surface area contributed by atoms with E-state index in [2.05, 4.69) is 24.5 Å². The smallest absolute Gasteiger partial charge is 0.260 e. The molecule has 2 amide bonds. The van der Waals surface area contributed by atoms with Gasteiger partial charge in [-0.05, 0) is 42.2 Å². The summed E-state index contributed by atoms with van der Waals surface area (Å²) in [4.78, 5) is 24.2. The fourth-order valence-corrected chi connectivity index (χ4v) is 2.82. The van der Waals surface area contributed by atoms with Crippen LogP contribution < -0.4 is 15.4 Å². The van der Waals surface area contributed by atoms with Crippen LogP contribution in [-0.4, -0.2) is 31.0 Å². The summed E-state index contributed by atoms with van der Waals surface area (Å²) in [5.74, 6) is 0.705. The number of carbonyl (C=O) groups excluding carboxylic acids is 2. The monoisotopic (exact) mass is 402 g/mol. The summed E-state index contributed by atoms with van der Waals surface area (Å²) in [6, 6.07) is 14.9. The van der Waals surface area contributed by atoms with Gasteiger partial charge in [0.15, 0.2) is 6.10 Å². The van der Waals surface area contributed by atoms with Crippen molar-refractivity contribution in [1.82, 2.24) is 10.6 Å². The largest absolute Gasteiger partial charge is 0.481 e. The fourth-order valence-electron chi connectivity index (χ4n) is 2.69. The Labute approximate surface area is 171 Å². The molecular formula is C22H27ClN2O3. The number of halogens is 1. The molecule has 2 aromatic carbocycles. The fraction of sp³-hybridized carbons (Fsp3) is 0.364. The molecule has 2 rings (SSSR count). The van der Waals surface area contributed by atoms with E-state index in [0.29, 0.717) is 24.0 Å². The molecular weight excluding hydrogens is 376 g/mol. The molecule has 0 aliphatic heterocycles. The van der Waals surface area contributed by atoms with Gasteiger partial charge < -0.3 is 15.4 Å². The molecule has 0 bridgehead atoms. The lowest BCUT2D eigenvalue weighted by molar-refractivity contribution is -0.127. The van der Waals surface area contributed by atoms with Crippen molar-refractivity contribution < 1.29 is 14.3 Å². The third-order valence-corrected chi connectivity index (χ3v) is 4.49. The van der Waals surface area contributed by atoms with Crippen LogP contribution in [0, 0.1) is 0 Å². The molecule has 0 heterocycles. The first-order valence-corrected chi connectivity index (χ1v) is 9.79. The molecule has 2 aromatic rings. The van der Waals surface area contributed by atoms with Gasteiger partial charge in [0.25, 0.3) is 5.91 Å². The molecule has 0 fully saturated rings. The zero-order valence-electron chi connectivity index (χ0n) is 16.5. The molecule has 1 unspecified atom stereocenters. The van der Waals surface area contributed by atoms with Crippen LogP contribution in [0.3, 0.4) is 0 Å². The number of hydrogen-bond donors (Lipinski definition) is 2. The lowest BCUT2D eigenvalue weighted by Gasteiger charge is -2.18. The molecule has 0 aliphatic rings. The number of carbonyl (C=O) groups is 2. The number of nitrogens with one attached hydrogen (secondary N) is 2. The van der Waals surface area contributed by atoms with Gasteiger partial charge >= 0.3 is 0 Å². The van der Waals surface area contributed by atoms with Crippen LogP contribution in [0.4, 0.5) is 0 Å². The Balaban J connectivity index is 1.72. The zero-order valence-corrected chi connectivity index (χ0v) is 17.3. The maximum Gasteiger partial charge on any atom is 0.260 e. The van der Waals surface area contributed by atoms with E-state index in [-0.39, 0.29) is 18.2 Å². The topological polar surface area (TPSA) is 67.4 Å². The van der Waals surface area contributed by atoms with E-state index in [9.17, 15) is 9.59 Å². The van der Waals surface area contributed by atoms with Crippen molar-refractivity contribution in [2.75, 3.05) is 13.1 Å². The highest BCUT2D eigenvalue weighted by Gasteiger charge is 2.16. The average Bonchev–Trinajstić information content (AvgIpc) is 2.67. The number of para-hydroxylation sites is 1. The van der Waals surface area contributed by atoms with Gasteiger partial charge in [0, 0.05) is 18.1 Å². The minimum Gasteiger partial charge on any atom is -0.481 e. The Hall–Kier alpha value is -2.53. The Morgan fingerprint density at radius 3 is 2.29 bits per heavy atom. The Kier molecular flexibility index (Phi) is 8.33. The van der Waals surface area contributed by atoms with E-state index in [0.717, 1.165) is 16.9 Å². The van der Waals surface area contributed by atoms with Crippen molar-refractivity contribution in [2.45, 2.75) is 39.2 Å². The molecule has 1 atom stereocenters. The molecule has 0 aromatic heterocycles. The van der Waals surface area contributed by atoms with Crippen molar-refractivity contribution in [2.24, 2.45) is 0 Å². The molecule has 0 saturated heterocycles. The maximum atomic E-state index is 12.2. The van der Waals surface area contributed by atoms with Crippen LogP contribution in [0.25, 0.3) is 0 Å². The second-order valence-electron chi connectivity index (χ2n) is 6.90. The normalized spacial score (nSPS) is 11.8. The second kappa shape index (κ2) is 10.7. The van der Waals surface area contributed by atoms with Crippen molar-refractivity contribution in [3.63, 3.8) is 0 Å². The van der Waals surface area contributed by atoms with E-state index in [4.69, 9.17) is 16.3 Å². The number of hydrogen-bond acceptors (Lipinski definition) is 3. The lowest BCUT2D eigenvalue weighted by atomic mass is 10.0. The summed E-state index contributed by atoms with van der Waals surface area (Å²) >= 11 is 5.83. The van der Waals surface area contributed by atoms with Gasteiger partial charge in [-0.3, -0.25) is 9.59 Å². The summed E-state index contributed by atoms with van der Waals surface area (Å²) in [6.07, 6.45) is -0.346. The van der Waals surface area contributed by atoms with Crippen molar-refractivity contribution in [1.29, 1.82) is 0 Å². The minimum atomic E-state index is -0.621. The minimum absolute atomic E-state index is 0.105. The Bertz CT molecular complexity index is 791. The maximum absolute atomic E-state index is 12.2. The highest BCUT2D eigenvalue weighted by atomic mass is 35.5. The third-order valence-electron chi connectivity index (χ3n) is 4.24. The summed E-state index contributed by atoms with van der Waals surface area (Å²) in [5.41, 5.74) is 1.95. The van der Waals surface area contributed by atoms with Crippen LogP contribution in [0.5, 0.6) is 5.75 Å². The van der Waals surface area contributed by atoms with Gasteiger partial charge in [-0.25, -0.2) is 0 Å². The van der Waals surface area contributed by atoms with Crippen molar-refractivity contribution >= 4 is 23.4 Å². The number of amides is 2. The Morgan fingerprint density at radius 2 is 1.61 bits per heavy atom. The molecule has 5 nitrogen and oxygen atoms in total. The zero-order chi connectivity index (χ0) is 20.5. The van der Waals surface area contributed by atoms with Crippen LogP contribution >= 0.6 is 11.6 Å². The van der Waals surface area contributed by atoms with Gasteiger partial charge in [-0.2, -0.15) is 0 Å². The highest BCUT2D eigenvalue weighted by Crippen LogP contribution is 2.26. The van der Waals surface area contributed by atoms with E-state index in [1.807, 2.05) is 36.4 Å². The lowest BCUT2D eigenvalue weighted by Crippen LogP contribution is -2.41. The average molecular weight is 403 g/mol. The molecule has 2 N–H and O–H groups in total. The molecule has 28 heavy (non-hydrogen) atoms. The summed E-state index contributed by atoms with van der Waals surface area (Å²) in [7, 11) is 0. The highest BCUT2D eigenvalue weighted by molar-refractivity contribution is 6.30. The van der Waals surface area contributed by atoms with Gasteiger partial charge in [-0.1, -0.05) is 55.8 Å². The van der Waals surface area contributed by atoms with Crippen LogP contribution in [0.15, 0.2) is 48.5 Å². The standard InChI is InChI=1S/C22H27ClN2O3/c1-15(2)19-6-4-5-7-20(19)28-16(3)22(27)25-13-12-24-21(26)14-17-8-10-18(23)11-9-17/h4-11,15-16H,12-14H2,1-3H3,(H,24,26)(H,25,27). The first-order valence-electron chi connectivity index (χ1n) is 9.41. The molecule has 0 spiro atoms. The van der Waals surface area contributed by atoms with Crippen LogP contribution in [-0.2, 0) is 16.0 Å². The van der Waals surface area contributed by atoms with Crippen molar-refractivity contribution in [3.8, 4) is 5.75 Å². The quantitative estimate of drug-likeness (QED) is 0.628. The number of rotatable bonds is 9. The van der Waals surface area contributed by atoms with E-state index in [1.165, 1.54) is 0 Å². The number of ether oxygens (including phenoxy) is 1. The van der Waals surface area contributed by atoms with Crippen LogP contribution in [0.1, 0.15) is 37.8 Å². The molecule has 0 radical (unpaired) electrons. The first-order chi connectivity index (χ1) is 13.4.